The van der Waals surface area contributed by atoms with Crippen LogP contribution in [0.15, 0.2) is 18.5 Å². The summed E-state index contributed by atoms with van der Waals surface area (Å²) in [5.41, 5.74) is 68.4. The van der Waals surface area contributed by atoms with Gasteiger partial charge in [-0.15, -0.1) is 26.5 Å². The number of nitrogens with zero attached hydrogens (tertiary/aromatic N) is 4. The maximum Gasteiger partial charge on any atom is 0.432 e. The van der Waals surface area contributed by atoms with Crippen molar-refractivity contribution in [1.29, 1.82) is 5.16 Å². The Hall–Kier alpha value is 1.77. The number of hydrogen-bond donors (Lipinski definition) is 22. The predicted octanol–water partition coefficient (Wildman–Crippen LogP) is -0.706. The summed E-state index contributed by atoms with van der Waals surface area (Å²) in [7, 11) is -18.7. The normalized spacial score (nSPS) is 36.3. The minimum Gasteiger partial charge on any atom is -0.328 e. The van der Waals surface area contributed by atoms with E-state index in [9.17, 15) is 0 Å². The smallest absolute Gasteiger partial charge is 0.328 e. The van der Waals surface area contributed by atoms with E-state index in [1.54, 1.807) is 20.8 Å². The van der Waals surface area contributed by atoms with Crippen molar-refractivity contribution in [1.82, 2.24) is 50.0 Å². The molecule has 2 heterocycles. The Morgan fingerprint density at radius 2 is 1.92 bits per heavy atom. The van der Waals surface area contributed by atoms with Gasteiger partial charge >= 0.3 is 31.6 Å². The zero-order chi connectivity index (χ0) is 37.5. The zero-order valence-corrected chi connectivity index (χ0v) is 36.6. The first-order valence-corrected chi connectivity index (χ1v) is 30.5. The van der Waals surface area contributed by atoms with Crippen LogP contribution in [-0.2, 0) is 0 Å². The molecule has 33 N–H and O–H groups in total. The topological polar surface area (TPSA) is 480 Å². The number of hydrogen-bond acceptors (Lipinski definition) is 18. The Balaban J connectivity index is 2.48. The Bertz CT molecular complexity index is 1330. The molecule has 1 saturated heterocycles. The molecule has 288 valence electrons. The highest BCUT2D eigenvalue weighted by Crippen LogP contribution is 2.71. The van der Waals surface area contributed by atoms with Crippen LogP contribution >= 0.6 is 70.2 Å². The fraction of sp³-hybridized carbons (Fsp3) is 1.00. The van der Waals surface area contributed by atoms with Crippen molar-refractivity contribution in [3.05, 3.63) is 0 Å². The van der Waals surface area contributed by atoms with Crippen molar-refractivity contribution in [2.45, 2.75) is 31.8 Å². The molecule has 2 rings (SSSR count). The van der Waals surface area contributed by atoms with E-state index < -0.39 is 75.8 Å². The van der Waals surface area contributed by atoms with Crippen LogP contribution < -0.4 is 111 Å². The Kier molecular flexibility index (Phi) is 18.3. The first-order chi connectivity index (χ1) is 22.4. The largest absolute Gasteiger partial charge is 0.432 e. The molecule has 0 amide bonds. The van der Waals surface area contributed by atoms with Crippen molar-refractivity contribution in [3.8, 4) is 0 Å². The summed E-state index contributed by atoms with van der Waals surface area (Å²) in [6.07, 6.45) is 1.20. The molecule has 0 aliphatic carbocycles. The quantitative estimate of drug-likeness (QED) is 0.121. The summed E-state index contributed by atoms with van der Waals surface area (Å²) in [5.74, 6) is -0.0846. The molecule has 35 heteroatoms. The number of nitrogens with two attached hydrogens (primary N) is 11. The van der Waals surface area contributed by atoms with Gasteiger partial charge in [0.15, 0.2) is 15.0 Å². The molecule has 0 radical (unpaired) electrons. The summed E-state index contributed by atoms with van der Waals surface area (Å²) in [5, 5.41) is 28.1. The first kappa shape index (κ1) is 46.9. The maximum absolute atomic E-state index is 8.06. The third kappa shape index (κ3) is 15.1. The van der Waals surface area contributed by atoms with Gasteiger partial charge in [-0.3, -0.25) is 47.6 Å². The van der Waals surface area contributed by atoms with Crippen LogP contribution in [-0.4, -0.2) is 64.8 Å². The summed E-state index contributed by atoms with van der Waals surface area (Å²) < 4.78 is 18.7. The molecule has 0 aromatic rings. The lowest BCUT2D eigenvalue weighted by molar-refractivity contribution is 0.272. The molecule has 0 bridgehead atoms. The van der Waals surface area contributed by atoms with Gasteiger partial charge in [-0.25, -0.2) is 10.2 Å². The molecule has 2 aliphatic heterocycles. The lowest BCUT2D eigenvalue weighted by atomic mass is 9.87. The van der Waals surface area contributed by atoms with Gasteiger partial charge in [0.25, 0.3) is 7.71 Å². The van der Waals surface area contributed by atoms with Gasteiger partial charge in [0.1, 0.15) is 37.3 Å². The Morgan fingerprint density at radius 3 is 2.43 bits per heavy atom. The van der Waals surface area contributed by atoms with E-state index in [2.05, 4.69) is 59.2 Å². The third-order valence-corrected chi connectivity index (χ3v) is 28.0. The van der Waals surface area contributed by atoms with E-state index in [1.165, 1.54) is 0 Å². The van der Waals surface area contributed by atoms with Crippen LogP contribution in [0.5, 0.6) is 0 Å². The van der Waals surface area contributed by atoms with E-state index in [4.69, 9.17) is 75.2 Å². The predicted molar refractivity (Wildman–Crippen MR) is 220 cm³/mol. The minimum absolute atomic E-state index is 0.0846. The molecule has 0 aromatic carbocycles. The van der Waals surface area contributed by atoms with Gasteiger partial charge in [-0.1, -0.05) is 32.8 Å². The van der Waals surface area contributed by atoms with Gasteiger partial charge in [0.2, 0.25) is 7.51 Å². The maximum atomic E-state index is 8.06. The van der Waals surface area contributed by atoms with Crippen molar-refractivity contribution < 1.29 is 0 Å². The van der Waals surface area contributed by atoms with Gasteiger partial charge < -0.3 is 5.73 Å². The fourth-order valence-corrected chi connectivity index (χ4v) is 25.5. The van der Waals surface area contributed by atoms with Crippen LogP contribution in [0.4, 0.5) is 0 Å². The highest BCUT2D eigenvalue weighted by atomic mass is 31.3. The molecule has 49 heavy (non-hydrogen) atoms. The lowest BCUT2D eigenvalue weighted by Crippen LogP contribution is -2.70. The van der Waals surface area contributed by atoms with Gasteiger partial charge in [0.05, 0.1) is 11.5 Å². The second kappa shape index (κ2) is 19.1. The SMILES string of the molecule is CCC1CNP(N)N[P+]2(CC(CN)(C(C)CN[P+](C)(N=[P+](N)N)NP(=N)(N)N)N2)N=P(N)(NC)NCNP(N)(=NC)N[P+](N)(N)N[P+](N)=N1. The second-order valence-electron chi connectivity index (χ2n) is 11.7. The fourth-order valence-electron chi connectivity index (χ4n) is 4.75. The number of nitrogens with one attached hydrogen (secondary N) is 11. The van der Waals surface area contributed by atoms with Crippen LogP contribution in [0.25, 0.3) is 0 Å². The van der Waals surface area contributed by atoms with Crippen LogP contribution in [0.1, 0.15) is 20.3 Å². The lowest BCUT2D eigenvalue weighted by Gasteiger charge is -2.50. The van der Waals surface area contributed by atoms with E-state index in [1.807, 2.05) is 13.8 Å². The van der Waals surface area contributed by atoms with Crippen LogP contribution in [0.2, 0.25) is 0 Å². The summed E-state index contributed by atoms with van der Waals surface area (Å²) >= 11 is 0. The van der Waals surface area contributed by atoms with Crippen molar-refractivity contribution in [2.24, 2.45) is 85.2 Å². The minimum atomic E-state index is -3.17. The molecule has 26 nitrogen and oxygen atoms in total. The van der Waals surface area contributed by atoms with Crippen LogP contribution in [0, 0.1) is 11.1 Å². The average Bonchev–Trinajstić information content (AvgIpc) is 2.93. The van der Waals surface area contributed by atoms with E-state index in [-0.39, 0.29) is 25.2 Å². The van der Waals surface area contributed by atoms with Crippen molar-refractivity contribution in [2.75, 3.05) is 53.2 Å². The molecule has 9 atom stereocenters. The highest BCUT2D eigenvalue weighted by molar-refractivity contribution is 7.85. The Labute approximate surface area is 294 Å². The molecule has 1 spiro atoms. The molecule has 2 aliphatic rings. The average molecular weight is 874 g/mol. The number of rotatable bonds is 10. The molecular formula is C14H62N26P9+5. The first-order valence-electron chi connectivity index (χ1n) is 14.7. The van der Waals surface area contributed by atoms with Gasteiger partial charge in [-0.05, 0) is 19.4 Å². The Morgan fingerprint density at radius 1 is 1.29 bits per heavy atom. The molecule has 0 aromatic heterocycles. The van der Waals surface area contributed by atoms with Gasteiger partial charge in [0, 0.05) is 26.7 Å². The van der Waals surface area contributed by atoms with E-state index in [0.29, 0.717) is 25.7 Å². The molecular weight excluding hydrogens is 811 g/mol. The summed E-state index contributed by atoms with van der Waals surface area (Å²) in [6, 6.07) is -0.192. The second-order valence-corrected chi connectivity index (χ2v) is 30.7. The van der Waals surface area contributed by atoms with E-state index >= 15 is 0 Å². The van der Waals surface area contributed by atoms with Crippen molar-refractivity contribution in [3.63, 3.8) is 0 Å². The van der Waals surface area contributed by atoms with Gasteiger partial charge in [-0.2, -0.15) is 16.1 Å². The summed E-state index contributed by atoms with van der Waals surface area (Å²) in [6.45, 7) is 7.04. The monoisotopic (exact) mass is 873 g/mol. The highest BCUT2D eigenvalue weighted by Gasteiger charge is 2.66. The standard InChI is InChI=1S/C14H62N26P9/c1-6-13-8-29-42(18)36-45(10-14(9-15,34-45)12(2)7-30-44(5,35-41(16)17)38-46(20,21)22)39-48(25,27-3)31-11-32-49(26,28-4)40-47(23,24)37-43(19)33-13/h12-13,27,29-32,34,36,40H,6-11,15,18,23-26H2,1-5H3,(H4,16,17,35)(H3,19,33,37)(H6,20,21,22,38)/q+5. The van der Waals surface area contributed by atoms with Crippen molar-refractivity contribution >= 4 is 70.2 Å². The van der Waals surface area contributed by atoms with E-state index in [0.717, 1.165) is 0 Å². The zero-order valence-electron chi connectivity index (χ0n) is 28.6. The molecule has 9 unspecified atom stereocenters. The third-order valence-electron chi connectivity index (χ3n) is 7.28. The molecule has 0 saturated carbocycles. The van der Waals surface area contributed by atoms with Crippen LogP contribution in [0.3, 0.4) is 0 Å². The summed E-state index contributed by atoms with van der Waals surface area (Å²) in [4.78, 5) is 12.6. The molecule has 1 fully saturated rings.